The minimum absolute atomic E-state index is 0.0654. The molecule has 0 fully saturated rings. The molecule has 0 aromatic heterocycles. The number of likely N-dealkylation sites (N-methyl/N-ethyl adjacent to an activating group) is 1. The highest BCUT2D eigenvalue weighted by Crippen LogP contribution is 2.19. The number of nitrogens with one attached hydrogen (secondary N) is 1. The highest BCUT2D eigenvalue weighted by molar-refractivity contribution is 7.99. The molecule has 2 amide bonds. The molecule has 0 unspecified atom stereocenters. The Balaban J connectivity index is 2.07. The molecule has 0 aliphatic rings. The van der Waals surface area contributed by atoms with Crippen LogP contribution in [0, 0.1) is 0 Å². The van der Waals surface area contributed by atoms with Crippen LogP contribution in [0.25, 0.3) is 0 Å². The van der Waals surface area contributed by atoms with E-state index in [-0.39, 0.29) is 11.8 Å². The van der Waals surface area contributed by atoms with Gasteiger partial charge < -0.3 is 10.2 Å². The Bertz CT molecular complexity index is 782. The van der Waals surface area contributed by atoms with E-state index < -0.39 is 6.04 Å². The average Bonchev–Trinajstić information content (AvgIpc) is 2.70. The smallest absolute Gasteiger partial charge is 0.242 e. The second-order valence-corrected chi connectivity index (χ2v) is 8.16. The zero-order valence-electron chi connectivity index (χ0n) is 16.0. The Hall–Kier alpha value is -1.69. The van der Waals surface area contributed by atoms with Crippen molar-refractivity contribution < 1.29 is 9.59 Å². The SMILES string of the molecule is CC[C@@H](C(=O)NC)N(Cc1ccc(Cl)cc1)C(=O)CSCc1ccc(Cl)cc1. The molecule has 0 spiro atoms. The van der Waals surface area contributed by atoms with Crippen molar-refractivity contribution in [2.24, 2.45) is 0 Å². The summed E-state index contributed by atoms with van der Waals surface area (Å²) in [4.78, 5) is 26.9. The van der Waals surface area contributed by atoms with Crippen molar-refractivity contribution in [1.29, 1.82) is 0 Å². The van der Waals surface area contributed by atoms with Gasteiger partial charge in [-0.1, -0.05) is 54.4 Å². The Kier molecular flexibility index (Phi) is 9.16. The van der Waals surface area contributed by atoms with Gasteiger partial charge in [-0.3, -0.25) is 9.59 Å². The lowest BCUT2D eigenvalue weighted by molar-refractivity contribution is -0.139. The van der Waals surface area contributed by atoms with Crippen LogP contribution in [0.4, 0.5) is 0 Å². The van der Waals surface area contributed by atoms with Crippen molar-refractivity contribution in [3.05, 3.63) is 69.7 Å². The first-order valence-electron chi connectivity index (χ1n) is 9.02. The van der Waals surface area contributed by atoms with Gasteiger partial charge in [-0.2, -0.15) is 0 Å². The van der Waals surface area contributed by atoms with E-state index in [1.807, 2.05) is 43.3 Å². The molecule has 1 atom stereocenters. The molecule has 1 N–H and O–H groups in total. The fraction of sp³-hybridized carbons (Fsp3) is 0.333. The van der Waals surface area contributed by atoms with Gasteiger partial charge in [0, 0.05) is 29.4 Å². The first kappa shape index (κ1) is 22.6. The lowest BCUT2D eigenvalue weighted by atomic mass is 10.1. The number of amides is 2. The van der Waals surface area contributed by atoms with Gasteiger partial charge in [-0.05, 0) is 41.8 Å². The quantitative estimate of drug-likeness (QED) is 0.612. The summed E-state index contributed by atoms with van der Waals surface area (Å²) in [5, 5.41) is 3.99. The van der Waals surface area contributed by atoms with Gasteiger partial charge in [0.15, 0.2) is 0 Å². The fourth-order valence-corrected chi connectivity index (χ4v) is 3.91. The molecular weight excluding hydrogens is 415 g/mol. The fourth-order valence-electron chi connectivity index (χ4n) is 2.79. The molecule has 0 saturated heterocycles. The summed E-state index contributed by atoms with van der Waals surface area (Å²) in [5.74, 6) is 0.773. The minimum Gasteiger partial charge on any atom is -0.357 e. The molecular formula is C21H24Cl2N2O2S. The van der Waals surface area contributed by atoms with E-state index in [9.17, 15) is 9.59 Å². The molecule has 2 aromatic rings. The van der Waals surface area contributed by atoms with Gasteiger partial charge in [0.2, 0.25) is 11.8 Å². The molecule has 4 nitrogen and oxygen atoms in total. The molecule has 0 bridgehead atoms. The third-order valence-electron chi connectivity index (χ3n) is 4.31. The van der Waals surface area contributed by atoms with E-state index in [0.29, 0.717) is 34.5 Å². The first-order valence-corrected chi connectivity index (χ1v) is 10.9. The van der Waals surface area contributed by atoms with Gasteiger partial charge in [-0.15, -0.1) is 11.8 Å². The van der Waals surface area contributed by atoms with Crippen LogP contribution in [-0.4, -0.2) is 35.6 Å². The van der Waals surface area contributed by atoms with Crippen molar-refractivity contribution in [3.8, 4) is 0 Å². The normalized spacial score (nSPS) is 11.7. The van der Waals surface area contributed by atoms with Gasteiger partial charge in [0.1, 0.15) is 6.04 Å². The maximum Gasteiger partial charge on any atom is 0.242 e. The van der Waals surface area contributed by atoms with E-state index in [4.69, 9.17) is 23.2 Å². The lowest BCUT2D eigenvalue weighted by Gasteiger charge is -2.30. The Morgan fingerprint density at radius 2 is 1.54 bits per heavy atom. The number of hydrogen-bond donors (Lipinski definition) is 1. The summed E-state index contributed by atoms with van der Waals surface area (Å²) in [7, 11) is 1.59. The third kappa shape index (κ3) is 6.73. The predicted molar refractivity (Wildman–Crippen MR) is 118 cm³/mol. The van der Waals surface area contributed by atoms with Crippen LogP contribution < -0.4 is 5.32 Å². The molecule has 0 radical (unpaired) electrons. The number of benzene rings is 2. The van der Waals surface area contributed by atoms with Crippen molar-refractivity contribution >= 4 is 46.8 Å². The Morgan fingerprint density at radius 3 is 2.04 bits per heavy atom. The molecule has 0 heterocycles. The van der Waals surface area contributed by atoms with Crippen LogP contribution in [0.1, 0.15) is 24.5 Å². The Labute approximate surface area is 180 Å². The number of hydrogen-bond acceptors (Lipinski definition) is 3. The highest BCUT2D eigenvalue weighted by atomic mass is 35.5. The molecule has 28 heavy (non-hydrogen) atoms. The van der Waals surface area contributed by atoms with Gasteiger partial charge in [0.25, 0.3) is 0 Å². The second kappa shape index (κ2) is 11.3. The number of carbonyl (C=O) groups is 2. The number of rotatable bonds is 9. The average molecular weight is 439 g/mol. The van der Waals surface area contributed by atoms with Gasteiger partial charge in [0.05, 0.1) is 5.75 Å². The van der Waals surface area contributed by atoms with Crippen LogP contribution in [0.3, 0.4) is 0 Å². The number of halogens is 2. The van der Waals surface area contributed by atoms with Crippen LogP contribution in [0.2, 0.25) is 10.0 Å². The molecule has 0 aliphatic carbocycles. The summed E-state index contributed by atoms with van der Waals surface area (Å²) >= 11 is 13.4. The topological polar surface area (TPSA) is 49.4 Å². The zero-order chi connectivity index (χ0) is 20.5. The number of nitrogens with zero attached hydrogens (tertiary/aromatic N) is 1. The van der Waals surface area contributed by atoms with E-state index in [2.05, 4.69) is 5.32 Å². The minimum atomic E-state index is -0.510. The lowest BCUT2D eigenvalue weighted by Crippen LogP contribution is -2.48. The van der Waals surface area contributed by atoms with Crippen molar-refractivity contribution in [3.63, 3.8) is 0 Å². The molecule has 2 rings (SSSR count). The standard InChI is InChI=1S/C21H24Cl2N2O2S/c1-3-19(21(27)24-2)25(12-15-4-8-17(22)9-5-15)20(26)14-28-13-16-6-10-18(23)11-7-16/h4-11,19H,3,12-14H2,1-2H3,(H,24,27)/t19-/m0/s1. The summed E-state index contributed by atoms with van der Waals surface area (Å²) in [6, 6.07) is 14.4. The molecule has 0 aliphatic heterocycles. The van der Waals surface area contributed by atoms with E-state index in [1.54, 1.807) is 24.1 Å². The summed E-state index contributed by atoms with van der Waals surface area (Å²) in [5.41, 5.74) is 2.03. The maximum atomic E-state index is 13.0. The van der Waals surface area contributed by atoms with E-state index >= 15 is 0 Å². The number of thioether (sulfide) groups is 1. The molecule has 0 saturated carbocycles. The summed E-state index contributed by atoms with van der Waals surface area (Å²) in [6.45, 7) is 2.27. The van der Waals surface area contributed by atoms with Crippen molar-refractivity contribution in [2.75, 3.05) is 12.8 Å². The summed E-state index contributed by atoms with van der Waals surface area (Å²) in [6.07, 6.45) is 0.543. The Morgan fingerprint density at radius 1 is 1.00 bits per heavy atom. The summed E-state index contributed by atoms with van der Waals surface area (Å²) < 4.78 is 0. The largest absolute Gasteiger partial charge is 0.357 e. The van der Waals surface area contributed by atoms with Crippen LogP contribution in [0.5, 0.6) is 0 Å². The second-order valence-electron chi connectivity index (χ2n) is 6.31. The van der Waals surface area contributed by atoms with Crippen LogP contribution in [-0.2, 0) is 21.9 Å². The van der Waals surface area contributed by atoms with Crippen molar-refractivity contribution in [2.45, 2.75) is 31.7 Å². The van der Waals surface area contributed by atoms with E-state index in [0.717, 1.165) is 11.1 Å². The van der Waals surface area contributed by atoms with E-state index in [1.165, 1.54) is 11.8 Å². The third-order valence-corrected chi connectivity index (χ3v) is 5.80. The van der Waals surface area contributed by atoms with Gasteiger partial charge >= 0.3 is 0 Å². The van der Waals surface area contributed by atoms with Crippen molar-refractivity contribution in [1.82, 2.24) is 10.2 Å². The molecule has 150 valence electrons. The maximum absolute atomic E-state index is 13.0. The molecule has 2 aromatic carbocycles. The van der Waals surface area contributed by atoms with Crippen LogP contribution in [0.15, 0.2) is 48.5 Å². The zero-order valence-corrected chi connectivity index (χ0v) is 18.3. The van der Waals surface area contributed by atoms with Gasteiger partial charge in [-0.25, -0.2) is 0 Å². The number of carbonyl (C=O) groups excluding carboxylic acids is 2. The molecule has 7 heteroatoms. The highest BCUT2D eigenvalue weighted by Gasteiger charge is 2.27. The first-order chi connectivity index (χ1) is 13.4. The van der Waals surface area contributed by atoms with Crippen LogP contribution >= 0.6 is 35.0 Å². The monoisotopic (exact) mass is 438 g/mol. The predicted octanol–water partition coefficient (Wildman–Crippen LogP) is 4.78.